The van der Waals surface area contributed by atoms with Gasteiger partial charge in [0.25, 0.3) is 5.69 Å². The second-order valence-corrected chi connectivity index (χ2v) is 5.19. The van der Waals surface area contributed by atoms with E-state index in [9.17, 15) is 19.3 Å². The number of nitro groups is 1. The number of hydrogen-bond acceptors (Lipinski definition) is 5. The van der Waals surface area contributed by atoms with Gasteiger partial charge in [0, 0.05) is 6.20 Å². The minimum absolute atomic E-state index is 0.0561. The lowest BCUT2D eigenvalue weighted by molar-refractivity contribution is -0.387. The van der Waals surface area contributed by atoms with Crippen molar-refractivity contribution in [1.82, 2.24) is 4.98 Å². The number of benzene rings is 1. The first-order valence-electron chi connectivity index (χ1n) is 5.39. The Hall–Kier alpha value is -2.19. The molecule has 0 radical (unpaired) electrons. The molecule has 1 aromatic carbocycles. The Balaban J connectivity index is 2.55. The number of nitrogens with zero attached hydrogens (tertiary/aromatic N) is 2. The number of hydrogen-bond donors (Lipinski definition) is 1. The van der Waals surface area contributed by atoms with Crippen molar-refractivity contribution in [3.63, 3.8) is 0 Å². The van der Waals surface area contributed by atoms with Gasteiger partial charge in [-0.3, -0.25) is 10.1 Å². The Labute approximate surface area is 126 Å². The Kier molecular flexibility index (Phi) is 4.39. The highest BCUT2D eigenvalue weighted by molar-refractivity contribution is 7.99. The molecule has 1 N–H and O–H groups in total. The van der Waals surface area contributed by atoms with Crippen LogP contribution in [0, 0.1) is 15.9 Å². The van der Waals surface area contributed by atoms with Crippen molar-refractivity contribution in [3.8, 4) is 0 Å². The molecule has 108 valence electrons. The van der Waals surface area contributed by atoms with Gasteiger partial charge in [-0.15, -0.1) is 0 Å². The summed E-state index contributed by atoms with van der Waals surface area (Å²) in [4.78, 5) is 25.0. The first-order valence-corrected chi connectivity index (χ1v) is 6.59. The summed E-state index contributed by atoms with van der Waals surface area (Å²) in [6.07, 6.45) is 1.43. The monoisotopic (exact) mass is 328 g/mol. The van der Waals surface area contributed by atoms with Crippen molar-refractivity contribution in [2.45, 2.75) is 9.92 Å². The van der Waals surface area contributed by atoms with E-state index in [0.717, 1.165) is 17.8 Å². The highest BCUT2D eigenvalue weighted by Crippen LogP contribution is 2.38. The maximum absolute atomic E-state index is 13.5. The Morgan fingerprint density at radius 2 is 2.19 bits per heavy atom. The summed E-state index contributed by atoms with van der Waals surface area (Å²) in [5, 5.41) is 20.3. The van der Waals surface area contributed by atoms with E-state index in [1.807, 2.05) is 0 Å². The van der Waals surface area contributed by atoms with Crippen LogP contribution in [0.1, 0.15) is 10.4 Å². The van der Waals surface area contributed by atoms with Gasteiger partial charge < -0.3 is 5.11 Å². The fourth-order valence-corrected chi connectivity index (χ4v) is 2.62. The van der Waals surface area contributed by atoms with E-state index < -0.39 is 28.0 Å². The number of pyridine rings is 1. The van der Waals surface area contributed by atoms with Gasteiger partial charge in [0.15, 0.2) is 0 Å². The Morgan fingerprint density at radius 3 is 2.76 bits per heavy atom. The van der Waals surface area contributed by atoms with Crippen molar-refractivity contribution >= 4 is 35.0 Å². The summed E-state index contributed by atoms with van der Waals surface area (Å²) in [6, 6.07) is 4.58. The van der Waals surface area contributed by atoms with E-state index in [0.29, 0.717) is 6.07 Å². The van der Waals surface area contributed by atoms with Crippen molar-refractivity contribution in [2.24, 2.45) is 0 Å². The van der Waals surface area contributed by atoms with Crippen LogP contribution in [0.25, 0.3) is 0 Å². The van der Waals surface area contributed by atoms with Crippen LogP contribution in [-0.2, 0) is 0 Å². The SMILES string of the molecule is O=C(O)c1cc(Sc2ncccc2Cl)c([N+](=O)[O-])cc1F. The van der Waals surface area contributed by atoms with E-state index in [-0.39, 0.29) is 14.9 Å². The average Bonchev–Trinajstić information content (AvgIpc) is 2.42. The van der Waals surface area contributed by atoms with Gasteiger partial charge in [-0.1, -0.05) is 23.4 Å². The maximum Gasteiger partial charge on any atom is 0.338 e. The molecule has 2 aromatic rings. The van der Waals surface area contributed by atoms with Crippen LogP contribution in [-0.4, -0.2) is 21.0 Å². The van der Waals surface area contributed by atoms with E-state index in [2.05, 4.69) is 4.98 Å². The molecule has 0 aliphatic heterocycles. The largest absolute Gasteiger partial charge is 0.478 e. The highest BCUT2D eigenvalue weighted by Gasteiger charge is 2.23. The van der Waals surface area contributed by atoms with Gasteiger partial charge in [-0.25, -0.2) is 14.2 Å². The van der Waals surface area contributed by atoms with Gasteiger partial charge in [0.05, 0.1) is 26.5 Å². The van der Waals surface area contributed by atoms with Crippen LogP contribution in [0.4, 0.5) is 10.1 Å². The third-order valence-electron chi connectivity index (χ3n) is 2.41. The summed E-state index contributed by atoms with van der Waals surface area (Å²) >= 11 is 6.69. The normalized spacial score (nSPS) is 10.4. The molecule has 0 spiro atoms. The molecule has 0 aliphatic carbocycles. The zero-order valence-corrected chi connectivity index (χ0v) is 11.7. The molecule has 1 heterocycles. The number of aromatic carboxylic acids is 1. The summed E-state index contributed by atoms with van der Waals surface area (Å²) in [5.74, 6) is -2.69. The number of halogens is 2. The highest BCUT2D eigenvalue weighted by atomic mass is 35.5. The maximum atomic E-state index is 13.5. The van der Waals surface area contributed by atoms with Gasteiger partial charge in [-0.2, -0.15) is 0 Å². The first-order chi connectivity index (χ1) is 9.90. The summed E-state index contributed by atoms with van der Waals surface area (Å²) < 4.78 is 13.5. The number of rotatable bonds is 4. The zero-order chi connectivity index (χ0) is 15.6. The van der Waals surface area contributed by atoms with Crippen molar-refractivity contribution in [1.29, 1.82) is 0 Å². The van der Waals surface area contributed by atoms with Crippen molar-refractivity contribution in [2.75, 3.05) is 0 Å². The number of carbonyl (C=O) groups is 1. The summed E-state index contributed by atoms with van der Waals surface area (Å²) in [5.41, 5.74) is -1.21. The van der Waals surface area contributed by atoms with Gasteiger partial charge in [0.1, 0.15) is 10.8 Å². The molecule has 0 aliphatic rings. The Bertz CT molecular complexity index is 741. The number of carboxylic acid groups (broad SMARTS) is 1. The van der Waals surface area contributed by atoms with Gasteiger partial charge in [0.2, 0.25) is 0 Å². The molecule has 0 amide bonds. The molecular weight excluding hydrogens is 323 g/mol. The molecule has 0 unspecified atom stereocenters. The van der Waals surface area contributed by atoms with E-state index in [1.165, 1.54) is 12.3 Å². The average molecular weight is 329 g/mol. The smallest absolute Gasteiger partial charge is 0.338 e. The van der Waals surface area contributed by atoms with Gasteiger partial charge >= 0.3 is 5.97 Å². The summed E-state index contributed by atoms with van der Waals surface area (Å²) in [7, 11) is 0. The second kappa shape index (κ2) is 6.06. The molecule has 0 saturated heterocycles. The molecular formula is C12H6ClFN2O4S. The standard InChI is InChI=1S/C12H6ClFN2O4S/c13-7-2-1-3-15-11(7)21-10-4-6(12(17)18)8(14)5-9(10)16(19)20/h1-5H,(H,17,18). The molecule has 9 heteroatoms. The lowest BCUT2D eigenvalue weighted by Crippen LogP contribution is -2.03. The molecule has 1 aromatic heterocycles. The van der Waals surface area contributed by atoms with Crippen LogP contribution >= 0.6 is 23.4 Å². The first kappa shape index (κ1) is 15.2. The molecule has 6 nitrogen and oxygen atoms in total. The van der Waals surface area contributed by atoms with E-state index in [4.69, 9.17) is 16.7 Å². The van der Waals surface area contributed by atoms with Crippen molar-refractivity contribution < 1.29 is 19.2 Å². The van der Waals surface area contributed by atoms with Crippen LogP contribution in [0.3, 0.4) is 0 Å². The lowest BCUT2D eigenvalue weighted by atomic mass is 10.2. The number of nitro benzene ring substituents is 1. The topological polar surface area (TPSA) is 93.3 Å². The quantitative estimate of drug-likeness (QED) is 0.680. The van der Waals surface area contributed by atoms with Gasteiger partial charge in [-0.05, 0) is 18.2 Å². The van der Waals surface area contributed by atoms with Crippen LogP contribution in [0.2, 0.25) is 5.02 Å². The fraction of sp³-hybridized carbons (Fsp3) is 0. The van der Waals surface area contributed by atoms with Crippen LogP contribution in [0.15, 0.2) is 40.4 Å². The molecule has 0 fully saturated rings. The minimum atomic E-state index is -1.52. The van der Waals surface area contributed by atoms with E-state index in [1.54, 1.807) is 6.07 Å². The number of carboxylic acids is 1. The predicted octanol–water partition coefficient (Wildman–Crippen LogP) is 3.63. The van der Waals surface area contributed by atoms with Crippen molar-refractivity contribution in [3.05, 3.63) is 57.0 Å². The summed E-state index contributed by atoms with van der Waals surface area (Å²) in [6.45, 7) is 0. The molecule has 0 bridgehead atoms. The predicted molar refractivity (Wildman–Crippen MR) is 73.4 cm³/mol. The third kappa shape index (κ3) is 3.29. The molecule has 0 saturated carbocycles. The second-order valence-electron chi connectivity index (χ2n) is 3.75. The Morgan fingerprint density at radius 1 is 1.48 bits per heavy atom. The number of aromatic nitrogens is 1. The minimum Gasteiger partial charge on any atom is -0.478 e. The molecule has 2 rings (SSSR count). The fourth-order valence-electron chi connectivity index (χ4n) is 1.48. The molecule has 0 atom stereocenters. The van der Waals surface area contributed by atoms with E-state index >= 15 is 0 Å². The van der Waals surface area contributed by atoms with Crippen LogP contribution in [0.5, 0.6) is 0 Å². The lowest BCUT2D eigenvalue weighted by Gasteiger charge is -2.06. The zero-order valence-electron chi connectivity index (χ0n) is 10.1. The van der Waals surface area contributed by atoms with Crippen LogP contribution < -0.4 is 0 Å². The third-order valence-corrected chi connectivity index (χ3v) is 3.89. The molecule has 21 heavy (non-hydrogen) atoms.